The molecule has 4 N–H and O–H groups in total. The van der Waals surface area contributed by atoms with Gasteiger partial charge in [0.2, 0.25) is 0 Å². The Kier molecular flexibility index (Phi) is 6.26. The van der Waals surface area contributed by atoms with E-state index in [-0.39, 0.29) is 35.5 Å². The Balaban J connectivity index is 0.00000225. The number of hydrogen-bond donors (Lipinski definition) is 3. The number of carbonyl (C=O) groups excluding carboxylic acids is 2. The average Bonchev–Trinajstić information content (AvgIpc) is 3.28. The molecule has 1 fully saturated rings. The third-order valence-electron chi connectivity index (χ3n) is 4.44. The zero-order valence-electron chi connectivity index (χ0n) is 14.0. The average molecular weight is 384 g/mol. The molecule has 1 aliphatic carbocycles. The van der Waals surface area contributed by atoms with Gasteiger partial charge in [0, 0.05) is 6.54 Å². The van der Waals surface area contributed by atoms with Crippen LogP contribution in [0.3, 0.4) is 0 Å². The van der Waals surface area contributed by atoms with E-state index in [4.69, 9.17) is 10.2 Å². The molecule has 8 heteroatoms. The van der Waals surface area contributed by atoms with Crippen LogP contribution in [0.2, 0.25) is 0 Å². The summed E-state index contributed by atoms with van der Waals surface area (Å²) in [4.78, 5) is 25.3. The highest BCUT2D eigenvalue weighted by molar-refractivity contribution is 7.18. The van der Waals surface area contributed by atoms with Crippen molar-refractivity contribution in [2.75, 3.05) is 11.9 Å². The van der Waals surface area contributed by atoms with Gasteiger partial charge in [0.1, 0.15) is 0 Å². The quantitative estimate of drug-likeness (QED) is 0.737. The zero-order chi connectivity index (χ0) is 17.2. The van der Waals surface area contributed by atoms with Crippen molar-refractivity contribution < 1.29 is 14.0 Å². The Bertz CT molecular complexity index is 736. The first-order valence-corrected chi connectivity index (χ1v) is 8.82. The minimum Gasteiger partial charge on any atom is -0.459 e. The molecule has 0 aromatic carbocycles. The molecule has 0 unspecified atom stereocenters. The third-order valence-corrected chi connectivity index (χ3v) is 5.59. The number of anilines is 1. The zero-order valence-corrected chi connectivity index (χ0v) is 15.6. The summed E-state index contributed by atoms with van der Waals surface area (Å²) in [5, 5.41) is 6.49. The van der Waals surface area contributed by atoms with Gasteiger partial charge in [-0.1, -0.05) is 12.8 Å². The van der Waals surface area contributed by atoms with Gasteiger partial charge in [0.25, 0.3) is 11.8 Å². The summed E-state index contributed by atoms with van der Waals surface area (Å²) < 4.78 is 5.07. The van der Waals surface area contributed by atoms with E-state index in [0.717, 1.165) is 31.2 Å². The van der Waals surface area contributed by atoms with Crippen LogP contribution in [0.15, 0.2) is 28.9 Å². The highest BCUT2D eigenvalue weighted by atomic mass is 35.5. The van der Waals surface area contributed by atoms with E-state index < -0.39 is 0 Å². The van der Waals surface area contributed by atoms with Crippen molar-refractivity contribution >= 4 is 40.6 Å². The molecular formula is C17H22ClN3O3S. The van der Waals surface area contributed by atoms with Gasteiger partial charge in [-0.05, 0) is 43.5 Å². The molecule has 1 saturated carbocycles. The minimum absolute atomic E-state index is 0. The number of carbonyl (C=O) groups is 2. The fourth-order valence-corrected chi connectivity index (χ4v) is 4.04. The van der Waals surface area contributed by atoms with Crippen LogP contribution in [0.1, 0.15) is 51.5 Å². The predicted molar refractivity (Wildman–Crippen MR) is 101 cm³/mol. The van der Waals surface area contributed by atoms with E-state index >= 15 is 0 Å². The molecule has 3 rings (SSSR count). The summed E-state index contributed by atoms with van der Waals surface area (Å²) in [7, 11) is 0. The second-order valence-electron chi connectivity index (χ2n) is 6.20. The van der Waals surface area contributed by atoms with Crippen molar-refractivity contribution in [2.45, 2.75) is 38.1 Å². The minimum atomic E-state index is -0.331. The molecule has 1 aliphatic rings. The number of hydrogen-bond acceptors (Lipinski definition) is 5. The summed E-state index contributed by atoms with van der Waals surface area (Å²) in [5.41, 5.74) is 6.42. The number of amides is 2. The largest absolute Gasteiger partial charge is 0.459 e. The Hall–Kier alpha value is -1.83. The molecule has 0 radical (unpaired) electrons. The lowest BCUT2D eigenvalue weighted by molar-refractivity contribution is 0.0906. The Morgan fingerprint density at radius 1 is 1.32 bits per heavy atom. The van der Waals surface area contributed by atoms with Crippen molar-refractivity contribution in [2.24, 2.45) is 5.73 Å². The number of rotatable bonds is 5. The second-order valence-corrected chi connectivity index (χ2v) is 7.25. The molecule has 6 nitrogen and oxygen atoms in total. The van der Waals surface area contributed by atoms with Gasteiger partial charge >= 0.3 is 0 Å². The van der Waals surface area contributed by atoms with Gasteiger partial charge in [-0.2, -0.15) is 0 Å². The van der Waals surface area contributed by atoms with Gasteiger partial charge in [0.05, 0.1) is 21.7 Å². The molecule has 0 bridgehead atoms. The summed E-state index contributed by atoms with van der Waals surface area (Å²) >= 11 is 1.26. The summed E-state index contributed by atoms with van der Waals surface area (Å²) in [6.07, 6.45) is 5.46. The molecular weight excluding hydrogens is 362 g/mol. The van der Waals surface area contributed by atoms with E-state index in [1.165, 1.54) is 17.6 Å². The fourth-order valence-electron chi connectivity index (χ4n) is 3.08. The Labute approximate surface area is 156 Å². The predicted octanol–water partition coefficient (Wildman–Crippen LogP) is 3.32. The maximum absolute atomic E-state index is 12.6. The van der Waals surface area contributed by atoms with Crippen LogP contribution in [0.4, 0.5) is 5.00 Å². The van der Waals surface area contributed by atoms with Crippen LogP contribution in [0, 0.1) is 6.92 Å². The molecule has 2 aromatic rings. The maximum Gasteiger partial charge on any atom is 0.291 e. The molecule has 25 heavy (non-hydrogen) atoms. The lowest BCUT2D eigenvalue weighted by Crippen LogP contribution is -2.51. The fraction of sp³-hybridized carbons (Fsp3) is 0.412. The molecule has 0 saturated heterocycles. The normalized spacial score (nSPS) is 15.4. The molecule has 2 aromatic heterocycles. The van der Waals surface area contributed by atoms with Crippen LogP contribution >= 0.6 is 23.7 Å². The van der Waals surface area contributed by atoms with E-state index in [9.17, 15) is 9.59 Å². The van der Waals surface area contributed by atoms with Crippen LogP contribution in [0.25, 0.3) is 0 Å². The molecule has 2 amide bonds. The van der Waals surface area contributed by atoms with Crippen molar-refractivity contribution in [3.63, 3.8) is 0 Å². The monoisotopic (exact) mass is 383 g/mol. The van der Waals surface area contributed by atoms with Crippen LogP contribution in [0.5, 0.6) is 0 Å². The van der Waals surface area contributed by atoms with Crippen LogP contribution in [-0.2, 0) is 0 Å². The number of aryl methyl sites for hydroxylation is 1. The Morgan fingerprint density at radius 3 is 2.64 bits per heavy atom. The standard InChI is InChI=1S/C17H21N3O3S.ClH/c1-11-9-13(19-15(21)12-5-4-8-23-12)24-14(11)16(22)20-17(10-18)6-2-3-7-17;/h4-5,8-9H,2-3,6-7,10,18H2,1H3,(H,19,21)(H,20,22);1H. The number of furan rings is 1. The van der Waals surface area contributed by atoms with Gasteiger partial charge in [-0.3, -0.25) is 9.59 Å². The maximum atomic E-state index is 12.6. The van der Waals surface area contributed by atoms with Crippen molar-refractivity contribution in [3.8, 4) is 0 Å². The van der Waals surface area contributed by atoms with E-state index in [1.54, 1.807) is 18.2 Å². The third kappa shape index (κ3) is 4.23. The van der Waals surface area contributed by atoms with E-state index in [1.807, 2.05) is 6.92 Å². The molecule has 0 spiro atoms. The van der Waals surface area contributed by atoms with Crippen molar-refractivity contribution in [1.29, 1.82) is 0 Å². The number of thiophene rings is 1. The SMILES string of the molecule is Cc1cc(NC(=O)c2ccco2)sc1C(=O)NC1(CN)CCCC1.Cl. The summed E-state index contributed by atoms with van der Waals surface area (Å²) in [6.45, 7) is 2.31. The van der Waals surface area contributed by atoms with Gasteiger partial charge in [0.15, 0.2) is 5.76 Å². The second kappa shape index (κ2) is 8.03. The Morgan fingerprint density at radius 2 is 2.04 bits per heavy atom. The van der Waals surface area contributed by atoms with Crippen LogP contribution in [-0.4, -0.2) is 23.9 Å². The first-order valence-electron chi connectivity index (χ1n) is 8.01. The topological polar surface area (TPSA) is 97.4 Å². The molecule has 0 aliphatic heterocycles. The van der Waals surface area contributed by atoms with Gasteiger partial charge < -0.3 is 20.8 Å². The highest BCUT2D eigenvalue weighted by Crippen LogP contribution is 2.31. The highest BCUT2D eigenvalue weighted by Gasteiger charge is 2.34. The first-order chi connectivity index (χ1) is 11.5. The number of halogens is 1. The van der Waals surface area contributed by atoms with Crippen LogP contribution < -0.4 is 16.4 Å². The number of nitrogens with one attached hydrogen (secondary N) is 2. The first kappa shape index (κ1) is 19.5. The van der Waals surface area contributed by atoms with E-state index in [2.05, 4.69) is 10.6 Å². The number of nitrogens with two attached hydrogens (primary N) is 1. The molecule has 0 atom stereocenters. The lowest BCUT2D eigenvalue weighted by atomic mass is 9.97. The van der Waals surface area contributed by atoms with Crippen molar-refractivity contribution in [3.05, 3.63) is 40.7 Å². The smallest absolute Gasteiger partial charge is 0.291 e. The summed E-state index contributed by atoms with van der Waals surface area (Å²) in [6, 6.07) is 5.04. The molecule has 136 valence electrons. The van der Waals surface area contributed by atoms with Gasteiger partial charge in [-0.15, -0.1) is 23.7 Å². The van der Waals surface area contributed by atoms with Crippen molar-refractivity contribution in [1.82, 2.24) is 5.32 Å². The lowest BCUT2D eigenvalue weighted by Gasteiger charge is -2.28. The summed E-state index contributed by atoms with van der Waals surface area (Å²) in [5.74, 6) is -0.217. The van der Waals surface area contributed by atoms with Gasteiger partial charge in [-0.25, -0.2) is 0 Å². The molecule has 2 heterocycles. The van der Waals surface area contributed by atoms with E-state index in [0.29, 0.717) is 16.4 Å².